The summed E-state index contributed by atoms with van der Waals surface area (Å²) in [6, 6.07) is 15.3. The second-order valence-corrected chi connectivity index (χ2v) is 6.06. The van der Waals surface area contributed by atoms with Crippen molar-refractivity contribution < 1.29 is 4.79 Å². The molecule has 2 aromatic rings. The van der Waals surface area contributed by atoms with Crippen LogP contribution < -0.4 is 11.1 Å². The maximum Gasteiger partial charge on any atom is 0.251 e. The highest BCUT2D eigenvalue weighted by atomic mass is 16.1. The van der Waals surface area contributed by atoms with E-state index in [1.165, 1.54) is 37.1 Å². The van der Waals surface area contributed by atoms with Crippen LogP contribution in [0, 0.1) is 0 Å². The van der Waals surface area contributed by atoms with Crippen molar-refractivity contribution in [1.82, 2.24) is 10.2 Å². The molecule has 1 heterocycles. The zero-order valence-electron chi connectivity index (χ0n) is 13.3. The fourth-order valence-corrected chi connectivity index (χ4v) is 2.98. The number of carbonyl (C=O) groups excluding carboxylic acids is 1. The van der Waals surface area contributed by atoms with Crippen LogP contribution in [0.1, 0.15) is 34.3 Å². The van der Waals surface area contributed by atoms with Gasteiger partial charge in [0.2, 0.25) is 0 Å². The molecule has 0 radical (unpaired) electrons. The first-order valence-corrected chi connectivity index (χ1v) is 8.15. The van der Waals surface area contributed by atoms with E-state index in [1.807, 2.05) is 6.07 Å². The van der Waals surface area contributed by atoms with Gasteiger partial charge in [0.25, 0.3) is 5.91 Å². The number of nitrogen functional groups attached to an aromatic ring is 1. The Hall–Kier alpha value is -2.33. The molecule has 4 heteroatoms. The van der Waals surface area contributed by atoms with Crippen LogP contribution in [0.25, 0.3) is 0 Å². The minimum absolute atomic E-state index is 0.0685. The first kappa shape index (κ1) is 15.6. The van der Waals surface area contributed by atoms with Gasteiger partial charge in [0.05, 0.1) is 0 Å². The standard InChI is InChI=1S/C19H23N3O/c20-18-9-7-15(8-10-18)19(23)21-13-16-5-1-2-6-17(16)14-22-11-3-4-12-22/h1-2,5-10H,3-4,11-14,20H2,(H,21,23). The van der Waals surface area contributed by atoms with E-state index in [0.717, 1.165) is 6.54 Å². The van der Waals surface area contributed by atoms with Gasteiger partial charge in [-0.05, 0) is 61.3 Å². The number of anilines is 1. The largest absolute Gasteiger partial charge is 0.399 e. The number of nitrogens with two attached hydrogens (primary N) is 1. The average Bonchev–Trinajstić information content (AvgIpc) is 3.07. The zero-order valence-corrected chi connectivity index (χ0v) is 13.3. The van der Waals surface area contributed by atoms with Gasteiger partial charge in [0.1, 0.15) is 0 Å². The van der Waals surface area contributed by atoms with Gasteiger partial charge in [-0.2, -0.15) is 0 Å². The smallest absolute Gasteiger partial charge is 0.251 e. The van der Waals surface area contributed by atoms with Gasteiger partial charge in [-0.1, -0.05) is 24.3 Å². The van der Waals surface area contributed by atoms with Gasteiger partial charge in [-0.15, -0.1) is 0 Å². The molecule has 23 heavy (non-hydrogen) atoms. The molecule has 0 aliphatic carbocycles. The average molecular weight is 309 g/mol. The van der Waals surface area contributed by atoms with Gasteiger partial charge < -0.3 is 11.1 Å². The molecule has 0 atom stereocenters. The molecule has 1 fully saturated rings. The third-order valence-electron chi connectivity index (χ3n) is 4.32. The summed E-state index contributed by atoms with van der Waals surface area (Å²) in [7, 11) is 0. The lowest BCUT2D eigenvalue weighted by atomic mass is 10.1. The number of nitrogens with one attached hydrogen (secondary N) is 1. The molecule has 1 saturated heterocycles. The van der Waals surface area contributed by atoms with Gasteiger partial charge in [0, 0.05) is 24.3 Å². The van der Waals surface area contributed by atoms with Crippen molar-refractivity contribution in [2.45, 2.75) is 25.9 Å². The van der Waals surface area contributed by atoms with Crippen molar-refractivity contribution >= 4 is 11.6 Å². The summed E-state index contributed by atoms with van der Waals surface area (Å²) < 4.78 is 0. The SMILES string of the molecule is Nc1ccc(C(=O)NCc2ccccc2CN2CCCC2)cc1. The molecule has 0 bridgehead atoms. The lowest BCUT2D eigenvalue weighted by Crippen LogP contribution is -2.25. The van der Waals surface area contributed by atoms with Crippen LogP contribution in [0.5, 0.6) is 0 Å². The summed E-state index contributed by atoms with van der Waals surface area (Å²) in [6.45, 7) is 3.86. The first-order valence-electron chi connectivity index (χ1n) is 8.15. The van der Waals surface area contributed by atoms with E-state index >= 15 is 0 Å². The topological polar surface area (TPSA) is 58.4 Å². The van der Waals surface area contributed by atoms with Crippen LogP contribution in [0.15, 0.2) is 48.5 Å². The summed E-state index contributed by atoms with van der Waals surface area (Å²) in [6.07, 6.45) is 2.58. The molecule has 120 valence electrons. The molecule has 0 aromatic heterocycles. The zero-order chi connectivity index (χ0) is 16.1. The quantitative estimate of drug-likeness (QED) is 0.835. The third kappa shape index (κ3) is 4.11. The first-order chi connectivity index (χ1) is 11.2. The fourth-order valence-electron chi connectivity index (χ4n) is 2.98. The molecular formula is C19H23N3O. The van der Waals surface area contributed by atoms with Gasteiger partial charge in [-0.3, -0.25) is 9.69 Å². The third-order valence-corrected chi connectivity index (χ3v) is 4.32. The highest BCUT2D eigenvalue weighted by Crippen LogP contribution is 2.16. The highest BCUT2D eigenvalue weighted by molar-refractivity contribution is 5.94. The van der Waals surface area contributed by atoms with Gasteiger partial charge in [0.15, 0.2) is 0 Å². The van der Waals surface area contributed by atoms with Crippen molar-refractivity contribution in [2.24, 2.45) is 0 Å². The van der Waals surface area contributed by atoms with E-state index in [2.05, 4.69) is 28.4 Å². The van der Waals surface area contributed by atoms with Gasteiger partial charge in [-0.25, -0.2) is 0 Å². The van der Waals surface area contributed by atoms with Crippen molar-refractivity contribution in [2.75, 3.05) is 18.8 Å². The minimum Gasteiger partial charge on any atom is -0.399 e. The Morgan fingerprint density at radius 3 is 2.35 bits per heavy atom. The molecule has 4 nitrogen and oxygen atoms in total. The van der Waals surface area contributed by atoms with E-state index in [1.54, 1.807) is 24.3 Å². The van der Waals surface area contributed by atoms with Crippen molar-refractivity contribution in [1.29, 1.82) is 0 Å². The molecule has 2 aromatic carbocycles. The lowest BCUT2D eigenvalue weighted by Gasteiger charge is -2.17. The minimum atomic E-state index is -0.0685. The van der Waals surface area contributed by atoms with Crippen LogP contribution in [0.2, 0.25) is 0 Å². The van der Waals surface area contributed by atoms with E-state index < -0.39 is 0 Å². The molecule has 1 aliphatic rings. The molecule has 1 aliphatic heterocycles. The number of hydrogen-bond donors (Lipinski definition) is 2. The van der Waals surface area contributed by atoms with E-state index in [9.17, 15) is 4.79 Å². The summed E-state index contributed by atoms with van der Waals surface area (Å²) in [5, 5.41) is 3.00. The lowest BCUT2D eigenvalue weighted by molar-refractivity contribution is 0.0951. The maximum atomic E-state index is 12.2. The van der Waals surface area contributed by atoms with Crippen molar-refractivity contribution in [3.8, 4) is 0 Å². The Morgan fingerprint density at radius 1 is 1.00 bits per heavy atom. The number of hydrogen-bond acceptors (Lipinski definition) is 3. The fraction of sp³-hybridized carbons (Fsp3) is 0.316. The molecule has 0 unspecified atom stereocenters. The van der Waals surface area contributed by atoms with Crippen molar-refractivity contribution in [3.63, 3.8) is 0 Å². The Bertz CT molecular complexity index is 661. The summed E-state index contributed by atoms with van der Waals surface area (Å²) in [4.78, 5) is 14.7. The molecule has 0 saturated carbocycles. The van der Waals surface area contributed by atoms with E-state index in [4.69, 9.17) is 5.73 Å². The summed E-state index contributed by atoms with van der Waals surface area (Å²) in [5.74, 6) is -0.0685. The molecule has 3 N–H and O–H groups in total. The van der Waals surface area contributed by atoms with Crippen LogP contribution >= 0.6 is 0 Å². The molecule has 0 spiro atoms. The van der Waals surface area contributed by atoms with Crippen molar-refractivity contribution in [3.05, 3.63) is 65.2 Å². The number of benzene rings is 2. The number of nitrogens with zero attached hydrogens (tertiary/aromatic N) is 1. The monoisotopic (exact) mass is 309 g/mol. The predicted octanol–water partition coefficient (Wildman–Crippen LogP) is 2.79. The van der Waals surface area contributed by atoms with Gasteiger partial charge >= 0.3 is 0 Å². The summed E-state index contributed by atoms with van der Waals surface area (Å²) in [5.41, 5.74) is 9.43. The number of likely N-dealkylation sites (tertiary alicyclic amines) is 1. The van der Waals surface area contributed by atoms with Crippen LogP contribution in [-0.2, 0) is 13.1 Å². The second kappa shape index (κ2) is 7.29. The maximum absolute atomic E-state index is 12.2. The number of amides is 1. The Balaban J connectivity index is 1.63. The predicted molar refractivity (Wildman–Crippen MR) is 93.0 cm³/mol. The molecule has 3 rings (SSSR count). The Morgan fingerprint density at radius 2 is 1.65 bits per heavy atom. The number of rotatable bonds is 5. The summed E-state index contributed by atoms with van der Waals surface area (Å²) >= 11 is 0. The van der Waals surface area contributed by atoms with Crippen LogP contribution in [0.4, 0.5) is 5.69 Å². The highest BCUT2D eigenvalue weighted by Gasteiger charge is 2.14. The molecule has 1 amide bonds. The van der Waals surface area contributed by atoms with E-state index in [0.29, 0.717) is 17.8 Å². The van der Waals surface area contributed by atoms with E-state index in [-0.39, 0.29) is 5.91 Å². The Labute approximate surface area is 137 Å². The molecular weight excluding hydrogens is 286 g/mol. The normalized spacial score (nSPS) is 14.8. The van der Waals surface area contributed by atoms with Crippen LogP contribution in [-0.4, -0.2) is 23.9 Å². The van der Waals surface area contributed by atoms with Crippen LogP contribution in [0.3, 0.4) is 0 Å². The number of carbonyl (C=O) groups is 1. The Kier molecular flexibility index (Phi) is 4.93. The second-order valence-electron chi connectivity index (χ2n) is 6.06.